The normalized spacial score (nSPS) is 14.6. The van der Waals surface area contributed by atoms with Crippen molar-refractivity contribution in [2.75, 3.05) is 25.5 Å². The van der Waals surface area contributed by atoms with E-state index in [2.05, 4.69) is 10.3 Å². The number of rotatable bonds is 5. The molecule has 2 heterocycles. The summed E-state index contributed by atoms with van der Waals surface area (Å²) in [7, 11) is 1.78. The Balaban J connectivity index is 1.62. The zero-order valence-electron chi connectivity index (χ0n) is 16.8. The molecule has 3 rings (SSSR count). The SMILES string of the molecule is Cc1cc(C(=O)N2CCCC2)ccc1NC(=O)N(C)[C@@H](C)Cc1ccccn1. The van der Waals surface area contributed by atoms with Crippen LogP contribution in [0.25, 0.3) is 0 Å². The Kier molecular flexibility index (Phi) is 6.29. The van der Waals surface area contributed by atoms with Gasteiger partial charge in [-0.3, -0.25) is 9.78 Å². The van der Waals surface area contributed by atoms with E-state index < -0.39 is 0 Å². The van der Waals surface area contributed by atoms with E-state index in [-0.39, 0.29) is 18.0 Å². The van der Waals surface area contributed by atoms with Crippen LogP contribution in [0.15, 0.2) is 42.6 Å². The van der Waals surface area contributed by atoms with Crippen LogP contribution in [-0.2, 0) is 6.42 Å². The number of benzene rings is 1. The van der Waals surface area contributed by atoms with Crippen LogP contribution < -0.4 is 5.32 Å². The molecule has 2 aromatic rings. The van der Waals surface area contributed by atoms with Crippen molar-refractivity contribution in [2.24, 2.45) is 0 Å². The minimum Gasteiger partial charge on any atom is -0.339 e. The van der Waals surface area contributed by atoms with Crippen molar-refractivity contribution in [3.05, 3.63) is 59.4 Å². The highest BCUT2D eigenvalue weighted by Gasteiger charge is 2.21. The van der Waals surface area contributed by atoms with Crippen molar-refractivity contribution in [3.8, 4) is 0 Å². The molecule has 1 aliphatic heterocycles. The maximum absolute atomic E-state index is 12.6. The molecule has 6 nitrogen and oxygen atoms in total. The summed E-state index contributed by atoms with van der Waals surface area (Å²) in [6.07, 6.45) is 4.59. The van der Waals surface area contributed by atoms with Gasteiger partial charge >= 0.3 is 6.03 Å². The third-order valence-corrected chi connectivity index (χ3v) is 5.32. The van der Waals surface area contributed by atoms with E-state index in [1.54, 1.807) is 24.2 Å². The fourth-order valence-electron chi connectivity index (χ4n) is 3.40. The van der Waals surface area contributed by atoms with Crippen LogP contribution in [0, 0.1) is 6.92 Å². The lowest BCUT2D eigenvalue weighted by Crippen LogP contribution is -2.39. The first-order valence-electron chi connectivity index (χ1n) is 9.79. The molecule has 0 saturated carbocycles. The maximum atomic E-state index is 12.6. The molecular weight excluding hydrogens is 352 g/mol. The predicted molar refractivity (Wildman–Crippen MR) is 111 cm³/mol. The third-order valence-electron chi connectivity index (χ3n) is 5.32. The number of aromatic nitrogens is 1. The zero-order valence-corrected chi connectivity index (χ0v) is 16.8. The molecule has 0 aliphatic carbocycles. The number of nitrogens with zero attached hydrogens (tertiary/aromatic N) is 3. The number of amides is 3. The van der Waals surface area contributed by atoms with Gasteiger partial charge in [-0.25, -0.2) is 4.79 Å². The summed E-state index contributed by atoms with van der Waals surface area (Å²) in [5.41, 5.74) is 3.23. The Morgan fingerprint density at radius 3 is 2.61 bits per heavy atom. The summed E-state index contributed by atoms with van der Waals surface area (Å²) < 4.78 is 0. The van der Waals surface area contributed by atoms with E-state index in [4.69, 9.17) is 0 Å². The Morgan fingerprint density at radius 1 is 1.21 bits per heavy atom. The lowest BCUT2D eigenvalue weighted by molar-refractivity contribution is 0.0792. The number of likely N-dealkylation sites (N-methyl/N-ethyl adjacent to an activating group) is 1. The molecule has 1 fully saturated rings. The van der Waals surface area contributed by atoms with Gasteiger partial charge in [0.25, 0.3) is 5.91 Å². The number of hydrogen-bond donors (Lipinski definition) is 1. The Labute approximate surface area is 166 Å². The summed E-state index contributed by atoms with van der Waals surface area (Å²) in [5.74, 6) is 0.0691. The monoisotopic (exact) mass is 380 g/mol. The van der Waals surface area contributed by atoms with E-state index in [9.17, 15) is 9.59 Å². The molecule has 1 saturated heterocycles. The third kappa shape index (κ3) is 4.68. The van der Waals surface area contributed by atoms with Gasteiger partial charge in [-0.2, -0.15) is 0 Å². The fourth-order valence-corrected chi connectivity index (χ4v) is 3.40. The summed E-state index contributed by atoms with van der Waals surface area (Å²) in [4.78, 5) is 33.1. The second-order valence-corrected chi connectivity index (χ2v) is 7.44. The fraction of sp³-hybridized carbons (Fsp3) is 0.409. The van der Waals surface area contributed by atoms with E-state index >= 15 is 0 Å². The quantitative estimate of drug-likeness (QED) is 0.860. The van der Waals surface area contributed by atoms with Crippen molar-refractivity contribution in [2.45, 2.75) is 39.2 Å². The number of carbonyl (C=O) groups is 2. The molecule has 0 unspecified atom stereocenters. The molecule has 148 valence electrons. The summed E-state index contributed by atoms with van der Waals surface area (Å²) >= 11 is 0. The standard InChI is InChI=1S/C22H28N4O2/c1-16-14-18(21(27)26-12-6-7-13-26)9-10-20(16)24-22(28)25(3)17(2)15-19-8-4-5-11-23-19/h4-5,8-11,14,17H,6-7,12-13,15H2,1-3H3,(H,24,28)/t17-/m0/s1. The second kappa shape index (κ2) is 8.87. The highest BCUT2D eigenvalue weighted by molar-refractivity contribution is 5.96. The molecular formula is C22H28N4O2. The van der Waals surface area contributed by atoms with Gasteiger partial charge in [0.2, 0.25) is 0 Å². The predicted octanol–water partition coefficient (Wildman–Crippen LogP) is 3.72. The molecule has 1 aliphatic rings. The summed E-state index contributed by atoms with van der Waals surface area (Å²) in [6, 6.07) is 11.1. The van der Waals surface area contributed by atoms with Crippen molar-refractivity contribution in [3.63, 3.8) is 0 Å². The number of carbonyl (C=O) groups excluding carboxylic acids is 2. The van der Waals surface area contributed by atoms with Crippen LogP contribution in [-0.4, -0.2) is 52.9 Å². The minimum absolute atomic E-state index is 0.00576. The van der Waals surface area contributed by atoms with Crippen LogP contribution in [0.3, 0.4) is 0 Å². The lowest BCUT2D eigenvalue weighted by atomic mass is 10.1. The van der Waals surface area contributed by atoms with Gasteiger partial charge in [-0.1, -0.05) is 6.07 Å². The van der Waals surface area contributed by atoms with Crippen LogP contribution >= 0.6 is 0 Å². The number of urea groups is 1. The number of likely N-dealkylation sites (tertiary alicyclic amines) is 1. The van der Waals surface area contributed by atoms with E-state index in [0.717, 1.165) is 42.9 Å². The highest BCUT2D eigenvalue weighted by atomic mass is 16.2. The molecule has 1 aromatic heterocycles. The molecule has 3 amide bonds. The highest BCUT2D eigenvalue weighted by Crippen LogP contribution is 2.20. The van der Waals surface area contributed by atoms with Crippen LogP contribution in [0.2, 0.25) is 0 Å². The number of pyridine rings is 1. The first kappa shape index (κ1) is 19.9. The van der Waals surface area contributed by atoms with Crippen LogP contribution in [0.5, 0.6) is 0 Å². The molecule has 0 radical (unpaired) electrons. The molecule has 0 spiro atoms. The molecule has 1 aromatic carbocycles. The Hall–Kier alpha value is -2.89. The number of nitrogens with one attached hydrogen (secondary N) is 1. The van der Waals surface area contributed by atoms with Gasteiger partial charge in [0.05, 0.1) is 0 Å². The average molecular weight is 380 g/mol. The smallest absolute Gasteiger partial charge is 0.321 e. The van der Waals surface area contributed by atoms with Gasteiger partial charge in [-0.05, 0) is 62.6 Å². The van der Waals surface area contributed by atoms with Crippen molar-refractivity contribution < 1.29 is 9.59 Å². The molecule has 28 heavy (non-hydrogen) atoms. The van der Waals surface area contributed by atoms with Crippen molar-refractivity contribution in [1.29, 1.82) is 0 Å². The van der Waals surface area contributed by atoms with Gasteiger partial charge in [0.15, 0.2) is 0 Å². The van der Waals surface area contributed by atoms with Gasteiger partial charge in [0, 0.05) is 55.7 Å². The Bertz CT molecular complexity index is 832. The van der Waals surface area contributed by atoms with Crippen LogP contribution in [0.1, 0.15) is 41.4 Å². The van der Waals surface area contributed by atoms with Gasteiger partial charge < -0.3 is 15.1 Å². The topological polar surface area (TPSA) is 65.5 Å². The maximum Gasteiger partial charge on any atom is 0.321 e. The summed E-state index contributed by atoms with van der Waals surface area (Å²) in [6.45, 7) is 5.57. The largest absolute Gasteiger partial charge is 0.339 e. The van der Waals surface area contributed by atoms with Crippen molar-refractivity contribution >= 4 is 17.6 Å². The van der Waals surface area contributed by atoms with E-state index in [0.29, 0.717) is 12.0 Å². The number of anilines is 1. The zero-order chi connectivity index (χ0) is 20.1. The number of aryl methyl sites for hydroxylation is 1. The first-order chi connectivity index (χ1) is 13.5. The Morgan fingerprint density at radius 2 is 1.96 bits per heavy atom. The minimum atomic E-state index is -0.176. The number of hydrogen-bond acceptors (Lipinski definition) is 3. The first-order valence-corrected chi connectivity index (χ1v) is 9.79. The van der Waals surface area contributed by atoms with Gasteiger partial charge in [-0.15, -0.1) is 0 Å². The molecule has 1 N–H and O–H groups in total. The van der Waals surface area contributed by atoms with E-state index in [1.807, 2.05) is 49.1 Å². The van der Waals surface area contributed by atoms with E-state index in [1.165, 1.54) is 0 Å². The average Bonchev–Trinajstić information content (AvgIpc) is 3.23. The van der Waals surface area contributed by atoms with Crippen LogP contribution in [0.4, 0.5) is 10.5 Å². The molecule has 6 heteroatoms. The molecule has 1 atom stereocenters. The van der Waals surface area contributed by atoms with Crippen molar-refractivity contribution in [1.82, 2.24) is 14.8 Å². The second-order valence-electron chi connectivity index (χ2n) is 7.44. The summed E-state index contributed by atoms with van der Waals surface area (Å²) in [5, 5.41) is 2.95. The van der Waals surface area contributed by atoms with Gasteiger partial charge in [0.1, 0.15) is 0 Å². The lowest BCUT2D eigenvalue weighted by Gasteiger charge is -2.25. The molecule has 0 bridgehead atoms.